The molecular formula is C14H19NO5S. The number of ether oxygens (including phenoxy) is 2. The van der Waals surface area contributed by atoms with Crippen LogP contribution in [-0.4, -0.2) is 42.4 Å². The van der Waals surface area contributed by atoms with Crippen LogP contribution in [0.3, 0.4) is 0 Å². The molecule has 0 aromatic carbocycles. The molecule has 1 aliphatic heterocycles. The third kappa shape index (κ3) is 4.80. The van der Waals surface area contributed by atoms with Crippen molar-refractivity contribution in [3.05, 3.63) is 21.9 Å². The summed E-state index contributed by atoms with van der Waals surface area (Å²) >= 11 is 1.15. The molecule has 2 atom stereocenters. The summed E-state index contributed by atoms with van der Waals surface area (Å²) in [6.07, 6.45) is 1.56. The minimum atomic E-state index is -0.953. The van der Waals surface area contributed by atoms with E-state index in [0.29, 0.717) is 13.2 Å². The minimum Gasteiger partial charge on any atom is -0.477 e. The third-order valence-corrected chi connectivity index (χ3v) is 4.31. The van der Waals surface area contributed by atoms with E-state index < -0.39 is 12.1 Å². The molecule has 21 heavy (non-hydrogen) atoms. The molecule has 1 aromatic rings. The van der Waals surface area contributed by atoms with Gasteiger partial charge in [-0.2, -0.15) is 0 Å². The second kappa shape index (κ2) is 7.53. The maximum absolute atomic E-state index is 11.9. The molecule has 2 rings (SSSR count). The Morgan fingerprint density at radius 2 is 2.38 bits per heavy atom. The minimum absolute atomic E-state index is 0.0932. The van der Waals surface area contributed by atoms with Crippen molar-refractivity contribution in [3.8, 4) is 0 Å². The largest absolute Gasteiger partial charge is 0.477 e. The van der Waals surface area contributed by atoms with Gasteiger partial charge in [0.25, 0.3) is 0 Å². The summed E-state index contributed by atoms with van der Waals surface area (Å²) in [5.41, 5.74) is 0. The molecule has 2 N–H and O–H groups in total. The van der Waals surface area contributed by atoms with Crippen LogP contribution in [0.5, 0.6) is 0 Å². The van der Waals surface area contributed by atoms with Crippen molar-refractivity contribution in [3.63, 3.8) is 0 Å². The Morgan fingerprint density at radius 1 is 1.57 bits per heavy atom. The van der Waals surface area contributed by atoms with Gasteiger partial charge in [-0.05, 0) is 31.9 Å². The van der Waals surface area contributed by atoms with E-state index in [1.54, 1.807) is 13.0 Å². The zero-order valence-corrected chi connectivity index (χ0v) is 12.6. The Balaban J connectivity index is 1.71. The molecule has 1 amide bonds. The molecule has 2 heterocycles. The van der Waals surface area contributed by atoms with Gasteiger partial charge in [0.1, 0.15) is 11.0 Å². The molecule has 1 saturated heterocycles. The Kier molecular flexibility index (Phi) is 5.72. The number of hydrogen-bond donors (Lipinski definition) is 2. The average Bonchev–Trinajstić information content (AvgIpc) is 3.13. The van der Waals surface area contributed by atoms with Crippen LogP contribution in [0.25, 0.3) is 0 Å². The van der Waals surface area contributed by atoms with Gasteiger partial charge in [0, 0.05) is 11.5 Å². The summed E-state index contributed by atoms with van der Waals surface area (Å²) in [5, 5.41) is 11.6. The number of amides is 1. The lowest BCUT2D eigenvalue weighted by Gasteiger charge is -2.15. The van der Waals surface area contributed by atoms with E-state index >= 15 is 0 Å². The van der Waals surface area contributed by atoms with Crippen molar-refractivity contribution in [1.29, 1.82) is 0 Å². The summed E-state index contributed by atoms with van der Waals surface area (Å²) in [6, 6.07) is 3.23. The number of nitrogens with one attached hydrogen (secondary N) is 1. The van der Waals surface area contributed by atoms with Crippen molar-refractivity contribution in [2.24, 2.45) is 0 Å². The van der Waals surface area contributed by atoms with Crippen LogP contribution >= 0.6 is 11.3 Å². The highest BCUT2D eigenvalue weighted by Gasteiger charge is 2.19. The molecule has 1 fully saturated rings. The quantitative estimate of drug-likeness (QED) is 0.799. The standard InChI is InChI=1S/C14H19NO5S/c1-9(20-8-10-3-2-6-19-10)13(16)15-7-11-4-5-12(21-11)14(17)18/h4-5,9-10H,2-3,6-8H2,1H3,(H,15,16)(H,17,18). The van der Waals surface area contributed by atoms with Crippen molar-refractivity contribution in [1.82, 2.24) is 5.32 Å². The predicted molar refractivity (Wildman–Crippen MR) is 77.5 cm³/mol. The van der Waals surface area contributed by atoms with Crippen LogP contribution in [0.1, 0.15) is 34.3 Å². The van der Waals surface area contributed by atoms with Crippen LogP contribution in [0.4, 0.5) is 0 Å². The molecule has 0 spiro atoms. The van der Waals surface area contributed by atoms with Crippen LogP contribution in [0.15, 0.2) is 12.1 Å². The number of carbonyl (C=O) groups excluding carboxylic acids is 1. The van der Waals surface area contributed by atoms with E-state index in [4.69, 9.17) is 14.6 Å². The smallest absolute Gasteiger partial charge is 0.345 e. The fourth-order valence-corrected chi connectivity index (χ4v) is 2.80. The lowest BCUT2D eigenvalue weighted by molar-refractivity contribution is -0.133. The molecule has 116 valence electrons. The third-order valence-electron chi connectivity index (χ3n) is 3.23. The highest BCUT2D eigenvalue weighted by atomic mass is 32.1. The molecule has 7 heteroatoms. The number of hydrogen-bond acceptors (Lipinski definition) is 5. The zero-order valence-electron chi connectivity index (χ0n) is 11.8. The van der Waals surface area contributed by atoms with Crippen LogP contribution in [0, 0.1) is 0 Å². The molecule has 0 radical (unpaired) electrons. The summed E-state index contributed by atoms with van der Waals surface area (Å²) in [7, 11) is 0. The van der Waals surface area contributed by atoms with Gasteiger partial charge < -0.3 is 19.9 Å². The first kappa shape index (κ1) is 15.9. The van der Waals surface area contributed by atoms with Gasteiger partial charge in [-0.25, -0.2) is 4.79 Å². The number of carboxylic acid groups (broad SMARTS) is 1. The Hall–Kier alpha value is -1.44. The summed E-state index contributed by atoms with van der Waals surface area (Å²) in [5.74, 6) is -1.16. The predicted octanol–water partition coefficient (Wildman–Crippen LogP) is 1.65. The average molecular weight is 313 g/mol. The molecule has 1 aliphatic rings. The molecule has 6 nitrogen and oxygen atoms in total. The van der Waals surface area contributed by atoms with Crippen molar-refractivity contribution in [2.45, 2.75) is 38.5 Å². The highest BCUT2D eigenvalue weighted by molar-refractivity contribution is 7.13. The molecule has 2 unspecified atom stereocenters. The second-order valence-electron chi connectivity index (χ2n) is 4.90. The van der Waals surface area contributed by atoms with Gasteiger partial charge in [-0.15, -0.1) is 11.3 Å². The first-order valence-electron chi connectivity index (χ1n) is 6.89. The summed E-state index contributed by atoms with van der Waals surface area (Å²) < 4.78 is 10.9. The SMILES string of the molecule is CC(OCC1CCCO1)C(=O)NCc1ccc(C(=O)O)s1. The molecular weight excluding hydrogens is 294 g/mol. The number of carbonyl (C=O) groups is 2. The van der Waals surface area contributed by atoms with E-state index in [2.05, 4.69) is 5.32 Å². The van der Waals surface area contributed by atoms with Crippen molar-refractivity contribution < 1.29 is 24.2 Å². The normalized spacial score (nSPS) is 19.4. The van der Waals surface area contributed by atoms with Gasteiger partial charge in [-0.1, -0.05) is 0 Å². The molecule has 0 aliphatic carbocycles. The lowest BCUT2D eigenvalue weighted by Crippen LogP contribution is -2.35. The van der Waals surface area contributed by atoms with Gasteiger partial charge in [0.2, 0.25) is 5.91 Å². The van der Waals surface area contributed by atoms with Gasteiger partial charge in [0.05, 0.1) is 19.3 Å². The summed E-state index contributed by atoms with van der Waals surface area (Å²) in [4.78, 5) is 23.7. The van der Waals surface area contributed by atoms with Gasteiger partial charge in [0.15, 0.2) is 0 Å². The van der Waals surface area contributed by atoms with Crippen molar-refractivity contribution in [2.75, 3.05) is 13.2 Å². The van der Waals surface area contributed by atoms with E-state index in [9.17, 15) is 9.59 Å². The molecule has 1 aromatic heterocycles. The zero-order chi connectivity index (χ0) is 15.2. The van der Waals surface area contributed by atoms with Crippen LogP contribution < -0.4 is 5.32 Å². The topological polar surface area (TPSA) is 84.9 Å². The number of rotatable bonds is 7. The fourth-order valence-electron chi connectivity index (χ4n) is 2.01. The van der Waals surface area contributed by atoms with E-state index in [1.807, 2.05) is 0 Å². The summed E-state index contributed by atoms with van der Waals surface area (Å²) in [6.45, 7) is 3.20. The van der Waals surface area contributed by atoms with E-state index in [-0.39, 0.29) is 16.9 Å². The lowest BCUT2D eigenvalue weighted by atomic mass is 10.2. The molecule has 0 saturated carbocycles. The van der Waals surface area contributed by atoms with Gasteiger partial charge >= 0.3 is 5.97 Å². The highest BCUT2D eigenvalue weighted by Crippen LogP contribution is 2.16. The maximum Gasteiger partial charge on any atom is 0.345 e. The van der Waals surface area contributed by atoms with Crippen molar-refractivity contribution >= 4 is 23.2 Å². The molecule has 0 bridgehead atoms. The first-order valence-corrected chi connectivity index (χ1v) is 7.71. The second-order valence-corrected chi connectivity index (χ2v) is 6.07. The monoisotopic (exact) mass is 313 g/mol. The van der Waals surface area contributed by atoms with E-state index in [0.717, 1.165) is 35.7 Å². The fraction of sp³-hybridized carbons (Fsp3) is 0.571. The number of aromatic carboxylic acids is 1. The Bertz CT molecular complexity index is 495. The first-order chi connectivity index (χ1) is 10.1. The number of carboxylic acids is 1. The Morgan fingerprint density at radius 3 is 3.00 bits per heavy atom. The van der Waals surface area contributed by atoms with E-state index in [1.165, 1.54) is 6.07 Å². The van der Waals surface area contributed by atoms with Crippen LogP contribution in [-0.2, 0) is 20.8 Å². The maximum atomic E-state index is 11.9. The number of thiophene rings is 1. The van der Waals surface area contributed by atoms with Gasteiger partial charge in [-0.3, -0.25) is 4.79 Å². The Labute approximate surface area is 127 Å². The van der Waals surface area contributed by atoms with Crippen LogP contribution in [0.2, 0.25) is 0 Å².